The summed E-state index contributed by atoms with van der Waals surface area (Å²) in [6.45, 7) is 0.397. The molecule has 2 rings (SSSR count). The predicted molar refractivity (Wildman–Crippen MR) is 68.4 cm³/mol. The molecule has 0 saturated heterocycles. The summed E-state index contributed by atoms with van der Waals surface area (Å²) in [7, 11) is -2.44. The van der Waals surface area contributed by atoms with Crippen LogP contribution in [0.1, 0.15) is 12.8 Å². The topological polar surface area (TPSA) is 63.4 Å². The Labute approximate surface area is 111 Å². The molecule has 18 heavy (non-hydrogen) atoms. The van der Waals surface area contributed by atoms with Gasteiger partial charge in [0.2, 0.25) is 10.0 Å². The molecule has 2 N–H and O–H groups in total. The van der Waals surface area contributed by atoms with Gasteiger partial charge in [0, 0.05) is 19.3 Å². The van der Waals surface area contributed by atoms with Gasteiger partial charge in [-0.3, -0.25) is 0 Å². The lowest BCUT2D eigenvalue weighted by Gasteiger charge is -2.17. The highest BCUT2D eigenvalue weighted by atomic mass is 35.5. The molecular weight excluding hydrogens is 279 g/mol. The van der Waals surface area contributed by atoms with Crippen molar-refractivity contribution in [3.8, 4) is 0 Å². The number of halogens is 2. The Hall–Kier alpha value is -0.850. The highest BCUT2D eigenvalue weighted by molar-refractivity contribution is 7.89. The number of nitrogen functional groups attached to an aromatic ring is 1. The minimum Gasteiger partial charge on any atom is -0.399 e. The minimum atomic E-state index is -3.88. The van der Waals surface area contributed by atoms with Crippen LogP contribution < -0.4 is 5.73 Å². The van der Waals surface area contributed by atoms with Crippen LogP contribution in [-0.4, -0.2) is 26.3 Å². The van der Waals surface area contributed by atoms with E-state index in [2.05, 4.69) is 0 Å². The molecule has 7 heteroatoms. The second kappa shape index (κ2) is 4.68. The highest BCUT2D eigenvalue weighted by Gasteiger charge is 2.31. The van der Waals surface area contributed by atoms with E-state index in [4.69, 9.17) is 17.3 Å². The van der Waals surface area contributed by atoms with Crippen LogP contribution in [0.15, 0.2) is 17.0 Å². The van der Waals surface area contributed by atoms with Crippen molar-refractivity contribution in [1.29, 1.82) is 0 Å². The van der Waals surface area contributed by atoms with Gasteiger partial charge >= 0.3 is 0 Å². The maximum Gasteiger partial charge on any atom is 0.245 e. The smallest absolute Gasteiger partial charge is 0.245 e. The van der Waals surface area contributed by atoms with E-state index in [1.807, 2.05) is 0 Å². The van der Waals surface area contributed by atoms with Gasteiger partial charge in [0.1, 0.15) is 4.90 Å². The fourth-order valence-corrected chi connectivity index (χ4v) is 3.35. The number of sulfonamides is 1. The van der Waals surface area contributed by atoms with E-state index >= 15 is 0 Å². The van der Waals surface area contributed by atoms with E-state index in [9.17, 15) is 12.8 Å². The standard InChI is InChI=1S/C11H14ClFN2O2S/c1-15(6-7-2-3-7)18(16,17)10-5-8(14)4-9(12)11(10)13/h4-5,7H,2-3,6,14H2,1H3. The molecule has 0 radical (unpaired) electrons. The quantitative estimate of drug-likeness (QED) is 0.864. The summed E-state index contributed by atoms with van der Waals surface area (Å²) in [5.41, 5.74) is 5.63. The van der Waals surface area contributed by atoms with Crippen LogP contribution in [0.5, 0.6) is 0 Å². The van der Waals surface area contributed by atoms with Gasteiger partial charge in [0.15, 0.2) is 5.82 Å². The molecule has 0 bridgehead atoms. The van der Waals surface area contributed by atoms with Crippen molar-refractivity contribution in [3.05, 3.63) is 23.0 Å². The van der Waals surface area contributed by atoms with E-state index in [0.717, 1.165) is 23.2 Å². The number of anilines is 1. The van der Waals surface area contributed by atoms with Crippen molar-refractivity contribution < 1.29 is 12.8 Å². The molecule has 0 aromatic heterocycles. The summed E-state index contributed by atoms with van der Waals surface area (Å²) >= 11 is 5.61. The van der Waals surface area contributed by atoms with Gasteiger partial charge < -0.3 is 5.73 Å². The number of hydrogen-bond acceptors (Lipinski definition) is 3. The second-order valence-corrected chi connectivity index (χ2v) is 6.96. The van der Waals surface area contributed by atoms with Crippen LogP contribution >= 0.6 is 11.6 Å². The van der Waals surface area contributed by atoms with Crippen molar-refractivity contribution in [2.45, 2.75) is 17.7 Å². The zero-order chi connectivity index (χ0) is 13.5. The van der Waals surface area contributed by atoms with Gasteiger partial charge in [-0.2, -0.15) is 0 Å². The average molecular weight is 293 g/mol. The number of nitrogens with two attached hydrogens (primary N) is 1. The molecule has 1 aliphatic carbocycles. The Kier molecular flexibility index (Phi) is 3.53. The zero-order valence-corrected chi connectivity index (χ0v) is 11.4. The van der Waals surface area contributed by atoms with Gasteiger partial charge in [-0.05, 0) is 30.9 Å². The van der Waals surface area contributed by atoms with Crippen molar-refractivity contribution in [1.82, 2.24) is 4.31 Å². The number of benzene rings is 1. The molecule has 1 aliphatic rings. The molecule has 0 atom stereocenters. The Morgan fingerprint density at radius 3 is 2.67 bits per heavy atom. The molecule has 0 amide bonds. The fourth-order valence-electron chi connectivity index (χ4n) is 1.70. The lowest BCUT2D eigenvalue weighted by atomic mass is 10.3. The summed E-state index contributed by atoms with van der Waals surface area (Å²) in [5, 5.41) is -0.284. The lowest BCUT2D eigenvalue weighted by Crippen LogP contribution is -2.29. The SMILES string of the molecule is CN(CC1CC1)S(=O)(=O)c1cc(N)cc(Cl)c1F. The molecule has 0 spiro atoms. The first-order valence-electron chi connectivity index (χ1n) is 5.53. The summed E-state index contributed by atoms with van der Waals surface area (Å²) in [6, 6.07) is 2.29. The van der Waals surface area contributed by atoms with Gasteiger partial charge in [0.05, 0.1) is 5.02 Å². The Bertz CT molecular complexity index is 573. The van der Waals surface area contributed by atoms with E-state index < -0.39 is 20.7 Å². The largest absolute Gasteiger partial charge is 0.399 e. The van der Waals surface area contributed by atoms with E-state index in [1.165, 1.54) is 13.1 Å². The van der Waals surface area contributed by atoms with E-state index in [-0.39, 0.29) is 10.7 Å². The lowest BCUT2D eigenvalue weighted by molar-refractivity contribution is 0.447. The highest BCUT2D eigenvalue weighted by Crippen LogP contribution is 2.32. The van der Waals surface area contributed by atoms with E-state index in [0.29, 0.717) is 12.5 Å². The normalized spacial score (nSPS) is 16.2. The van der Waals surface area contributed by atoms with Gasteiger partial charge in [-0.1, -0.05) is 11.6 Å². The summed E-state index contributed by atoms with van der Waals surface area (Å²) < 4.78 is 39.3. The number of hydrogen-bond donors (Lipinski definition) is 1. The third kappa shape index (κ3) is 2.60. The number of nitrogens with zero attached hydrogens (tertiary/aromatic N) is 1. The minimum absolute atomic E-state index is 0.125. The summed E-state index contributed by atoms with van der Waals surface area (Å²) in [4.78, 5) is -0.462. The first kappa shape index (κ1) is 13.6. The van der Waals surface area contributed by atoms with Crippen molar-refractivity contribution in [2.75, 3.05) is 19.3 Å². The average Bonchev–Trinajstić information content (AvgIpc) is 3.06. The van der Waals surface area contributed by atoms with Crippen LogP contribution in [0.25, 0.3) is 0 Å². The summed E-state index contributed by atoms with van der Waals surface area (Å²) in [6.07, 6.45) is 2.03. The fraction of sp³-hybridized carbons (Fsp3) is 0.455. The van der Waals surface area contributed by atoms with Gasteiger partial charge in [-0.25, -0.2) is 17.1 Å². The molecule has 0 aliphatic heterocycles. The molecular formula is C11H14ClFN2O2S. The Balaban J connectivity index is 2.39. The molecule has 100 valence electrons. The van der Waals surface area contributed by atoms with Gasteiger partial charge in [0.25, 0.3) is 0 Å². The van der Waals surface area contributed by atoms with Crippen LogP contribution in [0.2, 0.25) is 5.02 Å². The molecule has 1 fully saturated rings. The van der Waals surface area contributed by atoms with Crippen molar-refractivity contribution >= 4 is 27.3 Å². The second-order valence-electron chi connectivity index (χ2n) is 4.54. The van der Waals surface area contributed by atoms with Crippen molar-refractivity contribution in [2.24, 2.45) is 5.92 Å². The monoisotopic (exact) mass is 292 g/mol. The van der Waals surface area contributed by atoms with Crippen LogP contribution in [-0.2, 0) is 10.0 Å². The Morgan fingerprint density at radius 2 is 2.11 bits per heavy atom. The van der Waals surface area contributed by atoms with Crippen LogP contribution in [0, 0.1) is 11.7 Å². The van der Waals surface area contributed by atoms with Crippen LogP contribution in [0.3, 0.4) is 0 Å². The third-order valence-electron chi connectivity index (χ3n) is 2.92. The Morgan fingerprint density at radius 1 is 1.50 bits per heavy atom. The molecule has 1 saturated carbocycles. The first-order valence-corrected chi connectivity index (χ1v) is 7.35. The maximum absolute atomic E-state index is 13.8. The van der Waals surface area contributed by atoms with Crippen LogP contribution in [0.4, 0.5) is 10.1 Å². The number of rotatable bonds is 4. The predicted octanol–water partition coefficient (Wildman–Crippen LogP) is 2.09. The molecule has 0 heterocycles. The van der Waals surface area contributed by atoms with Crippen molar-refractivity contribution in [3.63, 3.8) is 0 Å². The first-order chi connectivity index (χ1) is 8.32. The third-order valence-corrected chi connectivity index (χ3v) is 5.02. The summed E-state index contributed by atoms with van der Waals surface area (Å²) in [5.74, 6) is -0.571. The molecule has 4 nitrogen and oxygen atoms in total. The van der Waals surface area contributed by atoms with Gasteiger partial charge in [-0.15, -0.1) is 0 Å². The molecule has 0 unspecified atom stereocenters. The molecule has 1 aromatic rings. The van der Waals surface area contributed by atoms with E-state index in [1.54, 1.807) is 0 Å². The maximum atomic E-state index is 13.8. The zero-order valence-electron chi connectivity index (χ0n) is 9.86. The molecule has 1 aromatic carbocycles.